The number of ether oxygens (including phenoxy) is 3. The molecule has 0 N–H and O–H groups in total. The van der Waals surface area contributed by atoms with Crippen LogP contribution in [0.3, 0.4) is 0 Å². The molecule has 0 aliphatic rings. The molecule has 0 radical (unpaired) electrons. The number of non-ortho nitro benzene ring substituents is 1. The van der Waals surface area contributed by atoms with Gasteiger partial charge in [0.15, 0.2) is 11.5 Å². The Kier molecular flexibility index (Phi) is 7.77. The van der Waals surface area contributed by atoms with Gasteiger partial charge < -0.3 is 14.2 Å². The number of rotatable bonds is 9. The number of nitro benzene ring substituents is 2. The third-order valence-corrected chi connectivity index (χ3v) is 5.13. The van der Waals surface area contributed by atoms with Gasteiger partial charge in [-0.2, -0.15) is 0 Å². The number of benzene rings is 3. The van der Waals surface area contributed by atoms with Crippen molar-refractivity contribution in [3.8, 4) is 23.0 Å². The van der Waals surface area contributed by atoms with Crippen LogP contribution >= 0.6 is 22.6 Å². The van der Waals surface area contributed by atoms with Crippen LogP contribution in [0.15, 0.2) is 59.6 Å². The number of halogens is 1. The molecule has 0 atom stereocenters. The molecule has 3 aromatic carbocycles. The van der Waals surface area contributed by atoms with Gasteiger partial charge in [0.2, 0.25) is 5.75 Å². The van der Waals surface area contributed by atoms with Gasteiger partial charge in [0, 0.05) is 12.3 Å². The van der Waals surface area contributed by atoms with E-state index in [1.807, 2.05) is 53.8 Å². The Morgan fingerprint density at radius 3 is 2.33 bits per heavy atom. The third-order valence-electron chi connectivity index (χ3n) is 4.32. The summed E-state index contributed by atoms with van der Waals surface area (Å²) in [7, 11) is 1.44. The molecule has 0 fully saturated rings. The molecule has 0 spiro atoms. The maximum Gasteiger partial charge on any atom is 0.318 e. The fourth-order valence-corrected chi connectivity index (χ4v) is 3.55. The molecule has 0 unspecified atom stereocenters. The van der Waals surface area contributed by atoms with Gasteiger partial charge in [0.25, 0.3) is 5.69 Å². The number of hydrogen-bond acceptors (Lipinski definition) is 8. The molecule has 3 rings (SSSR count). The van der Waals surface area contributed by atoms with Gasteiger partial charge in [0.1, 0.15) is 5.75 Å². The molecule has 10 nitrogen and oxygen atoms in total. The van der Waals surface area contributed by atoms with Crippen LogP contribution in [0.4, 0.5) is 17.1 Å². The first-order chi connectivity index (χ1) is 15.8. The van der Waals surface area contributed by atoms with E-state index in [1.165, 1.54) is 13.2 Å². The number of methoxy groups -OCH3 is 1. The minimum Gasteiger partial charge on any atom is -0.494 e. The van der Waals surface area contributed by atoms with Crippen LogP contribution in [0.1, 0.15) is 12.5 Å². The largest absolute Gasteiger partial charge is 0.494 e. The van der Waals surface area contributed by atoms with E-state index in [4.69, 9.17) is 14.2 Å². The Morgan fingerprint density at radius 1 is 1.00 bits per heavy atom. The molecule has 0 aliphatic carbocycles. The van der Waals surface area contributed by atoms with Crippen molar-refractivity contribution in [3.63, 3.8) is 0 Å². The number of aliphatic imine (C=N–C) groups is 1. The number of nitro groups is 2. The Labute approximate surface area is 202 Å². The zero-order valence-corrected chi connectivity index (χ0v) is 19.7. The topological polar surface area (TPSA) is 126 Å². The van der Waals surface area contributed by atoms with Crippen LogP contribution in [0.25, 0.3) is 0 Å². The normalized spacial score (nSPS) is 10.8. The second-order valence-corrected chi connectivity index (χ2v) is 7.65. The molecule has 0 saturated carbocycles. The number of nitrogens with zero attached hydrogens (tertiary/aromatic N) is 3. The molecule has 11 heteroatoms. The zero-order chi connectivity index (χ0) is 24.0. The van der Waals surface area contributed by atoms with E-state index in [9.17, 15) is 20.2 Å². The van der Waals surface area contributed by atoms with Crippen molar-refractivity contribution in [2.75, 3.05) is 13.7 Å². The van der Waals surface area contributed by atoms with Gasteiger partial charge in [-0.1, -0.05) is 0 Å². The monoisotopic (exact) mass is 563 g/mol. The van der Waals surface area contributed by atoms with Crippen LogP contribution in [0.2, 0.25) is 0 Å². The van der Waals surface area contributed by atoms with E-state index in [-0.39, 0.29) is 11.5 Å². The van der Waals surface area contributed by atoms with E-state index in [0.29, 0.717) is 15.9 Å². The molecule has 0 saturated heterocycles. The summed E-state index contributed by atoms with van der Waals surface area (Å²) in [4.78, 5) is 25.3. The lowest BCUT2D eigenvalue weighted by Crippen LogP contribution is -1.99. The van der Waals surface area contributed by atoms with Crippen molar-refractivity contribution in [2.45, 2.75) is 6.92 Å². The average molecular weight is 563 g/mol. The van der Waals surface area contributed by atoms with Crippen molar-refractivity contribution in [2.24, 2.45) is 4.99 Å². The molecule has 33 heavy (non-hydrogen) atoms. The highest BCUT2D eigenvalue weighted by Crippen LogP contribution is 2.41. The Morgan fingerprint density at radius 2 is 1.73 bits per heavy atom. The lowest BCUT2D eigenvalue weighted by Gasteiger charge is -2.13. The van der Waals surface area contributed by atoms with Crippen LogP contribution in [0, 0.1) is 23.8 Å². The molecule has 3 aromatic rings. The van der Waals surface area contributed by atoms with Gasteiger partial charge in [-0.25, -0.2) is 0 Å². The lowest BCUT2D eigenvalue weighted by molar-refractivity contribution is -0.394. The summed E-state index contributed by atoms with van der Waals surface area (Å²) in [6, 6.07) is 13.9. The Hall–Kier alpha value is -3.74. The summed E-state index contributed by atoms with van der Waals surface area (Å²) in [6.45, 7) is 2.49. The van der Waals surface area contributed by atoms with E-state index < -0.39 is 21.2 Å². The summed E-state index contributed by atoms with van der Waals surface area (Å²) in [5.74, 6) is 1.18. The second kappa shape index (κ2) is 10.7. The molecular weight excluding hydrogens is 545 g/mol. The predicted octanol–water partition coefficient (Wildman–Crippen LogP) is 6.06. The van der Waals surface area contributed by atoms with Crippen molar-refractivity contribution in [1.29, 1.82) is 0 Å². The van der Waals surface area contributed by atoms with Crippen LogP contribution in [-0.2, 0) is 0 Å². The summed E-state index contributed by atoms with van der Waals surface area (Å²) in [5, 5.41) is 22.4. The molecular formula is C22H18IN3O7. The maximum atomic E-state index is 11.4. The van der Waals surface area contributed by atoms with Crippen molar-refractivity contribution in [3.05, 3.63) is 84.0 Å². The van der Waals surface area contributed by atoms with Crippen molar-refractivity contribution in [1.82, 2.24) is 0 Å². The Bertz CT molecular complexity index is 1210. The van der Waals surface area contributed by atoms with Gasteiger partial charge >= 0.3 is 5.69 Å². The van der Waals surface area contributed by atoms with Gasteiger partial charge in [-0.15, -0.1) is 0 Å². The molecule has 0 aromatic heterocycles. The fraction of sp³-hybridized carbons (Fsp3) is 0.136. The second-order valence-electron chi connectivity index (χ2n) is 6.49. The minimum atomic E-state index is -0.737. The van der Waals surface area contributed by atoms with Crippen LogP contribution < -0.4 is 14.2 Å². The van der Waals surface area contributed by atoms with Gasteiger partial charge in [0.05, 0.1) is 38.9 Å². The molecule has 0 amide bonds. The Balaban J connectivity index is 1.89. The highest BCUT2D eigenvalue weighted by molar-refractivity contribution is 14.1. The fourth-order valence-electron chi connectivity index (χ4n) is 2.82. The summed E-state index contributed by atoms with van der Waals surface area (Å²) in [6.07, 6.45) is 1.65. The quantitative estimate of drug-likeness (QED) is 0.134. The van der Waals surface area contributed by atoms with Gasteiger partial charge in [-0.05, 0) is 77.5 Å². The lowest BCUT2D eigenvalue weighted by atomic mass is 10.2. The molecule has 0 aliphatic heterocycles. The van der Waals surface area contributed by atoms with E-state index in [0.717, 1.165) is 29.1 Å². The van der Waals surface area contributed by atoms with Crippen molar-refractivity contribution >= 4 is 45.9 Å². The summed E-state index contributed by atoms with van der Waals surface area (Å²) in [5.41, 5.74) is 0.518. The minimum absolute atomic E-state index is 0.141. The maximum absolute atomic E-state index is 11.4. The number of hydrogen-bond donors (Lipinski definition) is 0. The molecule has 0 heterocycles. The van der Waals surface area contributed by atoms with E-state index in [2.05, 4.69) is 4.99 Å². The summed E-state index contributed by atoms with van der Waals surface area (Å²) >= 11 is 2.01. The first kappa shape index (κ1) is 23.9. The van der Waals surface area contributed by atoms with Crippen LogP contribution in [0.5, 0.6) is 23.0 Å². The van der Waals surface area contributed by atoms with E-state index in [1.54, 1.807) is 18.3 Å². The summed E-state index contributed by atoms with van der Waals surface area (Å²) < 4.78 is 17.2. The SMILES string of the molecule is CCOc1ccc(N=Cc2cc(I)c(Oc3ccc([N+](=O)[O-])cc3[N+](=O)[O-])c(OC)c2)cc1. The van der Waals surface area contributed by atoms with Crippen LogP contribution in [-0.4, -0.2) is 29.8 Å². The highest BCUT2D eigenvalue weighted by atomic mass is 127. The standard InChI is InChI=1S/C22H18IN3O7/c1-3-32-17-7-4-15(5-8-17)24-13-14-10-18(23)22(21(11-14)31-2)33-20-9-6-16(25(27)28)12-19(20)26(29)30/h4-13H,3H2,1-2H3. The van der Waals surface area contributed by atoms with Crippen molar-refractivity contribution < 1.29 is 24.1 Å². The third kappa shape index (κ3) is 5.94. The predicted molar refractivity (Wildman–Crippen MR) is 130 cm³/mol. The highest BCUT2D eigenvalue weighted by Gasteiger charge is 2.23. The first-order valence-electron chi connectivity index (χ1n) is 9.57. The van der Waals surface area contributed by atoms with E-state index >= 15 is 0 Å². The van der Waals surface area contributed by atoms with Gasteiger partial charge in [-0.3, -0.25) is 25.2 Å². The zero-order valence-electron chi connectivity index (χ0n) is 17.6. The molecule has 0 bridgehead atoms. The molecule has 170 valence electrons. The average Bonchev–Trinajstić information content (AvgIpc) is 2.80. The first-order valence-corrected chi connectivity index (χ1v) is 10.7. The smallest absolute Gasteiger partial charge is 0.318 e.